The summed E-state index contributed by atoms with van der Waals surface area (Å²) in [5, 5.41) is 0.0465. The van der Waals surface area contributed by atoms with Gasteiger partial charge in [0.1, 0.15) is 5.82 Å². The summed E-state index contributed by atoms with van der Waals surface area (Å²) in [6, 6.07) is 6.60. The van der Waals surface area contributed by atoms with Crippen LogP contribution in [0.1, 0.15) is 28.6 Å². The first-order chi connectivity index (χ1) is 9.43. The lowest BCUT2D eigenvalue weighted by Gasteiger charge is -2.19. The number of aromatic nitrogens is 1. The Bertz CT molecular complexity index is 628. The highest BCUT2D eigenvalue weighted by Gasteiger charge is 2.20. The van der Waals surface area contributed by atoms with Crippen molar-refractivity contribution >= 4 is 27.5 Å². The molecule has 1 atom stereocenters. The van der Waals surface area contributed by atoms with E-state index in [4.69, 9.17) is 17.4 Å². The Balaban J connectivity index is 2.55. The molecule has 1 aromatic carbocycles. The normalized spacial score (nSPS) is 12.5. The number of rotatable bonds is 3. The Hall–Kier alpha value is -1.01. The smallest absolute Gasteiger partial charge is 0.148 e. The number of hydrazine groups is 1. The molecule has 0 saturated heterocycles. The SMILES string of the molecule is Cc1cc(C(NN)c2ccc(Br)c(Cl)c2F)cc(C)n1. The number of pyridine rings is 1. The summed E-state index contributed by atoms with van der Waals surface area (Å²) in [5.41, 5.74) is 5.57. The van der Waals surface area contributed by atoms with Crippen LogP contribution in [0, 0.1) is 19.7 Å². The predicted octanol–water partition coefficient (Wildman–Crippen LogP) is 3.81. The average Bonchev–Trinajstić information content (AvgIpc) is 2.38. The number of nitrogens with two attached hydrogens (primary N) is 1. The fourth-order valence-electron chi connectivity index (χ4n) is 2.16. The van der Waals surface area contributed by atoms with Gasteiger partial charge >= 0.3 is 0 Å². The van der Waals surface area contributed by atoms with Crippen molar-refractivity contribution in [2.45, 2.75) is 19.9 Å². The Morgan fingerprint density at radius 2 is 1.90 bits per heavy atom. The molecule has 0 aliphatic carbocycles. The van der Waals surface area contributed by atoms with Gasteiger partial charge in [0.2, 0.25) is 0 Å². The van der Waals surface area contributed by atoms with Gasteiger partial charge in [0.15, 0.2) is 0 Å². The molecule has 1 heterocycles. The molecule has 1 aromatic heterocycles. The third-order valence-corrected chi connectivity index (χ3v) is 4.24. The molecule has 2 aromatic rings. The first kappa shape index (κ1) is 15.4. The summed E-state index contributed by atoms with van der Waals surface area (Å²) < 4.78 is 14.8. The van der Waals surface area contributed by atoms with Crippen molar-refractivity contribution < 1.29 is 4.39 Å². The third-order valence-electron chi connectivity index (χ3n) is 2.98. The van der Waals surface area contributed by atoms with Gasteiger partial charge in [-0.3, -0.25) is 10.8 Å². The van der Waals surface area contributed by atoms with Crippen LogP contribution < -0.4 is 11.3 Å². The number of halogens is 3. The minimum absolute atomic E-state index is 0.0465. The molecular weight excluding hydrogens is 345 g/mol. The molecule has 0 amide bonds. The van der Waals surface area contributed by atoms with Crippen molar-refractivity contribution in [3.05, 3.63) is 62.1 Å². The monoisotopic (exact) mass is 357 g/mol. The highest BCUT2D eigenvalue weighted by molar-refractivity contribution is 9.10. The maximum absolute atomic E-state index is 14.3. The second-order valence-electron chi connectivity index (χ2n) is 4.55. The van der Waals surface area contributed by atoms with Crippen LogP contribution in [0.5, 0.6) is 0 Å². The lowest BCUT2D eigenvalue weighted by atomic mass is 9.98. The summed E-state index contributed by atoms with van der Waals surface area (Å²) >= 11 is 9.13. The van der Waals surface area contributed by atoms with E-state index in [1.54, 1.807) is 12.1 Å². The molecule has 1 unspecified atom stereocenters. The quantitative estimate of drug-likeness (QED) is 0.498. The van der Waals surface area contributed by atoms with E-state index >= 15 is 0 Å². The van der Waals surface area contributed by atoms with Gasteiger partial charge < -0.3 is 0 Å². The number of benzene rings is 1. The van der Waals surface area contributed by atoms with Gasteiger partial charge in [-0.2, -0.15) is 0 Å². The maximum Gasteiger partial charge on any atom is 0.148 e. The van der Waals surface area contributed by atoms with Gasteiger partial charge in [-0.1, -0.05) is 17.7 Å². The number of nitrogens with zero attached hydrogens (tertiary/aromatic N) is 1. The van der Waals surface area contributed by atoms with E-state index < -0.39 is 11.9 Å². The van der Waals surface area contributed by atoms with Crippen LogP contribution in [0.25, 0.3) is 0 Å². The first-order valence-corrected chi connectivity index (χ1v) is 7.16. The van der Waals surface area contributed by atoms with Crippen molar-refractivity contribution in [2.24, 2.45) is 5.84 Å². The number of nitrogens with one attached hydrogen (secondary N) is 1. The minimum atomic E-state index is -0.490. The van der Waals surface area contributed by atoms with Gasteiger partial charge in [0.25, 0.3) is 0 Å². The van der Waals surface area contributed by atoms with E-state index in [1.807, 2.05) is 26.0 Å². The molecule has 0 radical (unpaired) electrons. The Labute approximate surface area is 130 Å². The Morgan fingerprint density at radius 1 is 1.30 bits per heavy atom. The number of hydrogen-bond acceptors (Lipinski definition) is 3. The van der Waals surface area contributed by atoms with E-state index in [-0.39, 0.29) is 5.02 Å². The molecule has 0 spiro atoms. The zero-order valence-electron chi connectivity index (χ0n) is 11.0. The van der Waals surface area contributed by atoms with Crippen LogP contribution in [0.15, 0.2) is 28.7 Å². The van der Waals surface area contributed by atoms with E-state index in [0.717, 1.165) is 17.0 Å². The van der Waals surface area contributed by atoms with Crippen molar-refractivity contribution in [1.82, 2.24) is 10.4 Å². The number of hydrogen-bond donors (Lipinski definition) is 2. The van der Waals surface area contributed by atoms with Gasteiger partial charge in [0.05, 0.1) is 11.1 Å². The zero-order valence-corrected chi connectivity index (χ0v) is 13.4. The average molecular weight is 359 g/mol. The largest absolute Gasteiger partial charge is 0.271 e. The fourth-order valence-corrected chi connectivity index (χ4v) is 2.64. The Kier molecular flexibility index (Phi) is 4.75. The second-order valence-corrected chi connectivity index (χ2v) is 5.78. The van der Waals surface area contributed by atoms with Crippen LogP contribution in [-0.4, -0.2) is 4.98 Å². The highest BCUT2D eigenvalue weighted by Crippen LogP contribution is 2.32. The van der Waals surface area contributed by atoms with Crippen LogP contribution in [0.3, 0.4) is 0 Å². The first-order valence-electron chi connectivity index (χ1n) is 5.98. The van der Waals surface area contributed by atoms with E-state index in [0.29, 0.717) is 10.0 Å². The second kappa shape index (κ2) is 6.18. The summed E-state index contributed by atoms with van der Waals surface area (Å²) in [6.45, 7) is 3.77. The summed E-state index contributed by atoms with van der Waals surface area (Å²) in [7, 11) is 0. The molecule has 106 valence electrons. The minimum Gasteiger partial charge on any atom is -0.271 e. The molecule has 3 nitrogen and oxygen atoms in total. The van der Waals surface area contributed by atoms with Gasteiger partial charge in [-0.05, 0) is 53.5 Å². The van der Waals surface area contributed by atoms with Crippen LogP contribution in [0.4, 0.5) is 4.39 Å². The van der Waals surface area contributed by atoms with E-state index in [2.05, 4.69) is 26.3 Å². The van der Waals surface area contributed by atoms with Crippen LogP contribution in [-0.2, 0) is 0 Å². The van der Waals surface area contributed by atoms with E-state index in [9.17, 15) is 4.39 Å². The molecule has 2 rings (SSSR count). The van der Waals surface area contributed by atoms with Crippen LogP contribution in [0.2, 0.25) is 5.02 Å². The molecule has 0 aliphatic heterocycles. The summed E-state index contributed by atoms with van der Waals surface area (Å²) in [4.78, 5) is 4.30. The molecule has 0 fully saturated rings. The van der Waals surface area contributed by atoms with E-state index in [1.165, 1.54) is 0 Å². The molecule has 20 heavy (non-hydrogen) atoms. The van der Waals surface area contributed by atoms with Gasteiger partial charge in [-0.25, -0.2) is 9.82 Å². The van der Waals surface area contributed by atoms with Crippen molar-refractivity contribution in [3.63, 3.8) is 0 Å². The molecule has 0 aliphatic rings. The van der Waals surface area contributed by atoms with Crippen molar-refractivity contribution in [2.75, 3.05) is 0 Å². The summed E-state index contributed by atoms with van der Waals surface area (Å²) in [6.07, 6.45) is 0. The summed E-state index contributed by atoms with van der Waals surface area (Å²) in [5.74, 6) is 5.11. The number of aryl methyl sites for hydroxylation is 2. The van der Waals surface area contributed by atoms with Crippen molar-refractivity contribution in [1.29, 1.82) is 0 Å². The van der Waals surface area contributed by atoms with Crippen molar-refractivity contribution in [3.8, 4) is 0 Å². The zero-order chi connectivity index (χ0) is 14.9. The molecular formula is C14H14BrClFN3. The standard InChI is InChI=1S/C14H14BrClFN3/c1-7-5-9(6-8(2)19-7)14(20-18)10-3-4-11(15)12(16)13(10)17/h3-6,14,20H,18H2,1-2H3. The third kappa shape index (κ3) is 3.01. The topological polar surface area (TPSA) is 50.9 Å². The lowest BCUT2D eigenvalue weighted by Crippen LogP contribution is -2.29. The predicted molar refractivity (Wildman–Crippen MR) is 82.0 cm³/mol. The lowest BCUT2D eigenvalue weighted by molar-refractivity contribution is 0.559. The van der Waals surface area contributed by atoms with Crippen LogP contribution >= 0.6 is 27.5 Å². The van der Waals surface area contributed by atoms with Gasteiger partial charge in [0, 0.05) is 21.4 Å². The molecule has 6 heteroatoms. The molecule has 0 bridgehead atoms. The maximum atomic E-state index is 14.3. The molecule has 0 saturated carbocycles. The highest BCUT2D eigenvalue weighted by atomic mass is 79.9. The molecule has 3 N–H and O–H groups in total. The van der Waals surface area contributed by atoms with Gasteiger partial charge in [-0.15, -0.1) is 0 Å². The fraction of sp³-hybridized carbons (Fsp3) is 0.214. The Morgan fingerprint density at radius 3 is 2.45 bits per heavy atom.